The molecule has 0 saturated heterocycles. The monoisotopic (exact) mass is 236 g/mol. The van der Waals surface area contributed by atoms with E-state index < -0.39 is 5.97 Å². The maximum Gasteiger partial charge on any atom is 0.344 e. The lowest BCUT2D eigenvalue weighted by Gasteiger charge is -2.07. The van der Waals surface area contributed by atoms with Gasteiger partial charge in [0.2, 0.25) is 0 Å². The van der Waals surface area contributed by atoms with Gasteiger partial charge in [0.25, 0.3) is 0 Å². The fourth-order valence-corrected chi connectivity index (χ4v) is 1.13. The molecular weight excluding hydrogens is 220 g/mol. The van der Waals surface area contributed by atoms with Gasteiger partial charge in [-0.3, -0.25) is 0 Å². The maximum absolute atomic E-state index is 11.1. The molecule has 92 valence electrons. The van der Waals surface area contributed by atoms with Crippen molar-refractivity contribution < 1.29 is 19.0 Å². The van der Waals surface area contributed by atoms with Crippen LogP contribution in [0.5, 0.6) is 11.5 Å². The van der Waals surface area contributed by atoms with Crippen molar-refractivity contribution in [2.75, 3.05) is 19.8 Å². The zero-order chi connectivity index (χ0) is 12.5. The lowest BCUT2D eigenvalue weighted by molar-refractivity contribution is -0.144. The Bertz CT molecular complexity index is 356. The molecule has 0 fully saturated rings. The average Bonchev–Trinajstić information content (AvgIpc) is 2.36. The van der Waals surface area contributed by atoms with Crippen molar-refractivity contribution in [2.45, 2.75) is 6.92 Å². The molecule has 0 amide bonds. The molecule has 0 heterocycles. The Hall–Kier alpha value is -1.97. The molecule has 0 atom stereocenters. The third kappa shape index (κ3) is 5.06. The number of ether oxygens (including phenoxy) is 3. The molecule has 0 saturated carbocycles. The molecule has 0 spiro atoms. The molecule has 0 aromatic heterocycles. The zero-order valence-electron chi connectivity index (χ0n) is 9.85. The second-order valence-corrected chi connectivity index (χ2v) is 3.16. The van der Waals surface area contributed by atoms with E-state index >= 15 is 0 Å². The van der Waals surface area contributed by atoms with Crippen LogP contribution in [0.4, 0.5) is 0 Å². The number of benzene rings is 1. The Morgan fingerprint density at radius 2 is 1.82 bits per heavy atom. The molecule has 1 aromatic carbocycles. The van der Waals surface area contributed by atoms with E-state index in [1.165, 1.54) is 6.08 Å². The highest BCUT2D eigenvalue weighted by Gasteiger charge is 2.03. The van der Waals surface area contributed by atoms with Crippen LogP contribution in [-0.4, -0.2) is 25.8 Å². The van der Waals surface area contributed by atoms with Crippen molar-refractivity contribution in [2.24, 2.45) is 0 Å². The largest absolute Gasteiger partial charge is 0.494 e. The van der Waals surface area contributed by atoms with Crippen LogP contribution in [0.25, 0.3) is 0 Å². The van der Waals surface area contributed by atoms with Crippen LogP contribution >= 0.6 is 0 Å². The second-order valence-electron chi connectivity index (χ2n) is 3.16. The molecule has 4 nitrogen and oxygen atoms in total. The van der Waals surface area contributed by atoms with Gasteiger partial charge in [0, 0.05) is 0 Å². The maximum atomic E-state index is 11.1. The van der Waals surface area contributed by atoms with Gasteiger partial charge in [-0.2, -0.15) is 0 Å². The van der Waals surface area contributed by atoms with E-state index in [9.17, 15) is 4.79 Å². The molecule has 0 unspecified atom stereocenters. The topological polar surface area (TPSA) is 44.8 Å². The highest BCUT2D eigenvalue weighted by atomic mass is 16.6. The molecule has 0 aliphatic carbocycles. The molecule has 4 heteroatoms. The van der Waals surface area contributed by atoms with Crippen LogP contribution in [-0.2, 0) is 9.53 Å². The number of hydrogen-bond acceptors (Lipinski definition) is 4. The van der Waals surface area contributed by atoms with Crippen LogP contribution in [0, 0.1) is 0 Å². The lowest BCUT2D eigenvalue weighted by Crippen LogP contribution is -2.14. The third-order valence-electron chi connectivity index (χ3n) is 1.85. The van der Waals surface area contributed by atoms with E-state index in [2.05, 4.69) is 6.58 Å². The van der Waals surface area contributed by atoms with Gasteiger partial charge >= 0.3 is 5.97 Å². The minimum atomic E-state index is -0.418. The smallest absolute Gasteiger partial charge is 0.344 e. The molecule has 0 radical (unpaired) electrons. The first kappa shape index (κ1) is 13.1. The minimum absolute atomic E-state index is 0.109. The summed E-state index contributed by atoms with van der Waals surface area (Å²) in [6.07, 6.45) is 1.51. The number of esters is 1. The van der Waals surface area contributed by atoms with Crippen molar-refractivity contribution in [3.8, 4) is 11.5 Å². The predicted molar refractivity (Wildman–Crippen MR) is 64.3 cm³/mol. The van der Waals surface area contributed by atoms with Gasteiger partial charge < -0.3 is 14.2 Å². The lowest BCUT2D eigenvalue weighted by atomic mass is 10.3. The average molecular weight is 236 g/mol. The summed E-state index contributed by atoms with van der Waals surface area (Å²) in [6.45, 7) is 6.07. The highest BCUT2D eigenvalue weighted by Crippen LogP contribution is 2.17. The zero-order valence-corrected chi connectivity index (χ0v) is 9.85. The van der Waals surface area contributed by atoms with Crippen LogP contribution in [0.15, 0.2) is 36.9 Å². The number of rotatable bonds is 7. The van der Waals surface area contributed by atoms with Gasteiger partial charge in [-0.15, -0.1) is 0 Å². The normalized spacial score (nSPS) is 9.47. The summed E-state index contributed by atoms with van der Waals surface area (Å²) in [4.78, 5) is 11.1. The molecule has 0 N–H and O–H groups in total. The Kier molecular flexibility index (Phi) is 5.64. The Balaban J connectivity index is 2.36. The standard InChI is InChI=1S/C13H16O4/c1-3-9-16-13(14)10-17-12-7-5-11(6-8-12)15-4-2/h3,5-8H,1,4,9-10H2,2H3. The van der Waals surface area contributed by atoms with Crippen molar-refractivity contribution in [1.82, 2.24) is 0 Å². The van der Waals surface area contributed by atoms with Crippen LogP contribution in [0.1, 0.15) is 6.92 Å². The fourth-order valence-electron chi connectivity index (χ4n) is 1.13. The molecule has 17 heavy (non-hydrogen) atoms. The third-order valence-corrected chi connectivity index (χ3v) is 1.85. The quantitative estimate of drug-likeness (QED) is 0.537. The van der Waals surface area contributed by atoms with Crippen molar-refractivity contribution in [3.63, 3.8) is 0 Å². The van der Waals surface area contributed by atoms with Gasteiger partial charge in [-0.05, 0) is 31.2 Å². The van der Waals surface area contributed by atoms with Gasteiger partial charge in [-0.1, -0.05) is 12.7 Å². The first-order chi connectivity index (χ1) is 8.26. The van der Waals surface area contributed by atoms with E-state index in [0.29, 0.717) is 12.4 Å². The molecule has 1 aromatic rings. The minimum Gasteiger partial charge on any atom is -0.494 e. The van der Waals surface area contributed by atoms with E-state index in [-0.39, 0.29) is 13.2 Å². The Morgan fingerprint density at radius 3 is 2.35 bits per heavy atom. The van der Waals surface area contributed by atoms with Gasteiger partial charge in [0.1, 0.15) is 18.1 Å². The summed E-state index contributed by atoms with van der Waals surface area (Å²) >= 11 is 0. The summed E-state index contributed by atoms with van der Waals surface area (Å²) in [5.74, 6) is 0.955. The summed E-state index contributed by atoms with van der Waals surface area (Å²) in [6, 6.07) is 7.05. The molecular formula is C13H16O4. The van der Waals surface area contributed by atoms with Crippen molar-refractivity contribution >= 4 is 5.97 Å². The number of hydrogen-bond donors (Lipinski definition) is 0. The van der Waals surface area contributed by atoms with Gasteiger partial charge in [-0.25, -0.2) is 4.79 Å². The van der Waals surface area contributed by atoms with Crippen molar-refractivity contribution in [1.29, 1.82) is 0 Å². The van der Waals surface area contributed by atoms with Gasteiger partial charge in [0.05, 0.1) is 6.61 Å². The predicted octanol–water partition coefficient (Wildman–Crippen LogP) is 2.19. The SMILES string of the molecule is C=CCOC(=O)COc1ccc(OCC)cc1. The van der Waals surface area contributed by atoms with Gasteiger partial charge in [0.15, 0.2) is 6.61 Å². The molecule has 1 rings (SSSR count). The molecule has 0 aliphatic rings. The summed E-state index contributed by atoms with van der Waals surface area (Å²) in [5, 5.41) is 0. The fraction of sp³-hybridized carbons (Fsp3) is 0.308. The van der Waals surface area contributed by atoms with Crippen LogP contribution in [0.3, 0.4) is 0 Å². The summed E-state index contributed by atoms with van der Waals surface area (Å²) < 4.78 is 15.3. The summed E-state index contributed by atoms with van der Waals surface area (Å²) in [7, 11) is 0. The van der Waals surface area contributed by atoms with E-state index in [1.54, 1.807) is 24.3 Å². The van der Waals surface area contributed by atoms with Crippen molar-refractivity contribution in [3.05, 3.63) is 36.9 Å². The highest BCUT2D eigenvalue weighted by molar-refractivity contribution is 5.71. The second kappa shape index (κ2) is 7.33. The number of carbonyl (C=O) groups excluding carboxylic acids is 1. The van der Waals surface area contributed by atoms with E-state index in [0.717, 1.165) is 5.75 Å². The van der Waals surface area contributed by atoms with Crippen LogP contribution in [0.2, 0.25) is 0 Å². The molecule has 0 bridgehead atoms. The first-order valence-corrected chi connectivity index (χ1v) is 5.38. The summed E-state index contributed by atoms with van der Waals surface area (Å²) in [5.41, 5.74) is 0. The Morgan fingerprint density at radius 1 is 1.24 bits per heavy atom. The van der Waals surface area contributed by atoms with Crippen LogP contribution < -0.4 is 9.47 Å². The van der Waals surface area contributed by atoms with E-state index in [1.807, 2.05) is 6.92 Å². The van der Waals surface area contributed by atoms with E-state index in [4.69, 9.17) is 14.2 Å². The Labute approximate surface area is 101 Å². The number of carbonyl (C=O) groups is 1. The first-order valence-electron chi connectivity index (χ1n) is 5.38. The molecule has 0 aliphatic heterocycles.